The van der Waals surface area contributed by atoms with Gasteiger partial charge in [0.15, 0.2) is 0 Å². The van der Waals surface area contributed by atoms with Gasteiger partial charge in [0, 0.05) is 17.4 Å². The number of H-pyrrole nitrogens is 1. The van der Waals surface area contributed by atoms with Gasteiger partial charge in [0.25, 0.3) is 0 Å². The lowest BCUT2D eigenvalue weighted by Crippen LogP contribution is -2.17. The van der Waals surface area contributed by atoms with Crippen LogP contribution in [0.15, 0.2) is 6.07 Å². The SMILES string of the molecule is Cc1cc(C[C@H](C)N)c(C)[nH]1. The van der Waals surface area contributed by atoms with Crippen LogP contribution in [0.4, 0.5) is 0 Å². The second-order valence-corrected chi connectivity index (χ2v) is 3.28. The van der Waals surface area contributed by atoms with Gasteiger partial charge in [-0.05, 0) is 38.8 Å². The molecule has 0 fully saturated rings. The number of aromatic nitrogens is 1. The highest BCUT2D eigenvalue weighted by atomic mass is 14.7. The predicted molar refractivity (Wildman–Crippen MR) is 47.6 cm³/mol. The van der Waals surface area contributed by atoms with Crippen molar-refractivity contribution in [2.75, 3.05) is 0 Å². The summed E-state index contributed by atoms with van der Waals surface area (Å²) in [5.74, 6) is 0. The predicted octanol–water partition coefficient (Wildman–Crippen LogP) is 1.52. The van der Waals surface area contributed by atoms with Crippen LogP contribution in [0, 0.1) is 13.8 Å². The Balaban J connectivity index is 2.77. The van der Waals surface area contributed by atoms with E-state index in [1.165, 1.54) is 17.0 Å². The number of hydrogen-bond donors (Lipinski definition) is 2. The average Bonchev–Trinajstić information content (AvgIpc) is 2.09. The summed E-state index contributed by atoms with van der Waals surface area (Å²) in [6.07, 6.45) is 0.968. The summed E-state index contributed by atoms with van der Waals surface area (Å²) in [5.41, 5.74) is 9.50. The number of nitrogens with one attached hydrogen (secondary N) is 1. The van der Waals surface area contributed by atoms with E-state index >= 15 is 0 Å². The van der Waals surface area contributed by atoms with Crippen LogP contribution < -0.4 is 5.73 Å². The summed E-state index contributed by atoms with van der Waals surface area (Å²) >= 11 is 0. The van der Waals surface area contributed by atoms with Crippen LogP contribution in [0.3, 0.4) is 0 Å². The van der Waals surface area contributed by atoms with Gasteiger partial charge in [-0.25, -0.2) is 0 Å². The van der Waals surface area contributed by atoms with Crippen LogP contribution in [0.1, 0.15) is 23.9 Å². The minimum atomic E-state index is 0.254. The van der Waals surface area contributed by atoms with Crippen molar-refractivity contribution in [1.82, 2.24) is 4.98 Å². The van der Waals surface area contributed by atoms with Gasteiger partial charge in [0.1, 0.15) is 0 Å². The molecule has 0 aliphatic heterocycles. The van der Waals surface area contributed by atoms with Crippen LogP contribution in [0.5, 0.6) is 0 Å². The van der Waals surface area contributed by atoms with Crippen LogP contribution in [0.25, 0.3) is 0 Å². The van der Waals surface area contributed by atoms with Crippen molar-refractivity contribution in [3.63, 3.8) is 0 Å². The monoisotopic (exact) mass is 152 g/mol. The van der Waals surface area contributed by atoms with Crippen molar-refractivity contribution >= 4 is 0 Å². The van der Waals surface area contributed by atoms with Gasteiger partial charge in [-0.3, -0.25) is 0 Å². The first kappa shape index (κ1) is 8.34. The van der Waals surface area contributed by atoms with Gasteiger partial charge in [-0.15, -0.1) is 0 Å². The lowest BCUT2D eigenvalue weighted by Gasteiger charge is -2.02. The molecule has 3 N–H and O–H groups in total. The Morgan fingerprint density at radius 1 is 1.55 bits per heavy atom. The molecule has 0 aliphatic carbocycles. The Labute approximate surface area is 67.8 Å². The summed E-state index contributed by atoms with van der Waals surface area (Å²) < 4.78 is 0. The van der Waals surface area contributed by atoms with Crippen LogP contribution in [-0.2, 0) is 6.42 Å². The topological polar surface area (TPSA) is 41.8 Å². The number of nitrogens with two attached hydrogens (primary N) is 1. The van der Waals surface area contributed by atoms with Gasteiger partial charge in [0.2, 0.25) is 0 Å². The Hall–Kier alpha value is -0.760. The van der Waals surface area contributed by atoms with Crippen molar-refractivity contribution in [1.29, 1.82) is 0 Å². The quantitative estimate of drug-likeness (QED) is 0.663. The molecule has 2 nitrogen and oxygen atoms in total. The number of aromatic amines is 1. The van der Waals surface area contributed by atoms with E-state index in [9.17, 15) is 0 Å². The number of aryl methyl sites for hydroxylation is 2. The first-order valence-corrected chi connectivity index (χ1v) is 4.00. The number of rotatable bonds is 2. The molecule has 0 saturated carbocycles. The Kier molecular flexibility index (Phi) is 2.35. The maximum atomic E-state index is 5.69. The third-order valence-electron chi connectivity index (χ3n) is 1.80. The van der Waals surface area contributed by atoms with E-state index in [2.05, 4.69) is 24.9 Å². The third-order valence-corrected chi connectivity index (χ3v) is 1.80. The van der Waals surface area contributed by atoms with Gasteiger partial charge >= 0.3 is 0 Å². The molecule has 1 atom stereocenters. The van der Waals surface area contributed by atoms with E-state index in [1.807, 2.05) is 6.92 Å². The lowest BCUT2D eigenvalue weighted by molar-refractivity contribution is 0.735. The summed E-state index contributed by atoms with van der Waals surface area (Å²) in [4.78, 5) is 3.26. The van der Waals surface area contributed by atoms with Crippen molar-refractivity contribution < 1.29 is 0 Å². The number of hydrogen-bond acceptors (Lipinski definition) is 1. The van der Waals surface area contributed by atoms with Crippen molar-refractivity contribution in [2.24, 2.45) is 5.73 Å². The largest absolute Gasteiger partial charge is 0.362 e. The molecule has 1 aromatic heterocycles. The second kappa shape index (κ2) is 3.09. The fraction of sp³-hybridized carbons (Fsp3) is 0.556. The van der Waals surface area contributed by atoms with Gasteiger partial charge in [0.05, 0.1) is 0 Å². The molecular weight excluding hydrogens is 136 g/mol. The average molecular weight is 152 g/mol. The lowest BCUT2D eigenvalue weighted by atomic mass is 10.1. The highest BCUT2D eigenvalue weighted by molar-refractivity contribution is 5.24. The normalized spacial score (nSPS) is 13.5. The van der Waals surface area contributed by atoms with E-state index in [-0.39, 0.29) is 6.04 Å². The molecule has 0 saturated heterocycles. The third kappa shape index (κ3) is 2.09. The van der Waals surface area contributed by atoms with E-state index in [1.54, 1.807) is 0 Å². The summed E-state index contributed by atoms with van der Waals surface area (Å²) in [7, 11) is 0. The molecule has 1 rings (SSSR count). The molecule has 0 aromatic carbocycles. The van der Waals surface area contributed by atoms with E-state index in [0.29, 0.717) is 0 Å². The molecule has 62 valence electrons. The smallest absolute Gasteiger partial charge is 0.0150 e. The molecule has 0 amide bonds. The highest BCUT2D eigenvalue weighted by Gasteiger charge is 2.03. The van der Waals surface area contributed by atoms with E-state index < -0.39 is 0 Å². The van der Waals surface area contributed by atoms with Crippen molar-refractivity contribution in [2.45, 2.75) is 33.2 Å². The molecule has 0 aliphatic rings. The van der Waals surface area contributed by atoms with Gasteiger partial charge < -0.3 is 10.7 Å². The molecular formula is C9H16N2. The molecule has 0 spiro atoms. The minimum absolute atomic E-state index is 0.254. The zero-order valence-corrected chi connectivity index (χ0v) is 7.44. The summed E-state index contributed by atoms with van der Waals surface area (Å²) in [6, 6.07) is 2.42. The molecule has 2 heteroatoms. The van der Waals surface area contributed by atoms with Crippen molar-refractivity contribution in [3.8, 4) is 0 Å². The summed E-state index contributed by atoms with van der Waals surface area (Å²) in [5, 5.41) is 0. The Bertz CT molecular complexity index is 236. The van der Waals surface area contributed by atoms with Crippen LogP contribution >= 0.6 is 0 Å². The molecule has 0 unspecified atom stereocenters. The maximum absolute atomic E-state index is 5.69. The minimum Gasteiger partial charge on any atom is -0.362 e. The Morgan fingerprint density at radius 2 is 2.18 bits per heavy atom. The molecule has 0 bridgehead atoms. The molecule has 11 heavy (non-hydrogen) atoms. The second-order valence-electron chi connectivity index (χ2n) is 3.28. The fourth-order valence-electron chi connectivity index (χ4n) is 1.34. The maximum Gasteiger partial charge on any atom is 0.0150 e. The zero-order valence-electron chi connectivity index (χ0n) is 7.44. The van der Waals surface area contributed by atoms with Crippen molar-refractivity contribution in [3.05, 3.63) is 23.0 Å². The first-order chi connectivity index (χ1) is 5.09. The Morgan fingerprint density at radius 3 is 2.55 bits per heavy atom. The molecule has 1 aromatic rings. The van der Waals surface area contributed by atoms with Crippen LogP contribution in [0.2, 0.25) is 0 Å². The fourth-order valence-corrected chi connectivity index (χ4v) is 1.34. The molecule has 0 radical (unpaired) electrons. The standard InChI is InChI=1S/C9H16N2/c1-6(10)4-9-5-7(2)11-8(9)3/h5-6,11H,4,10H2,1-3H3/t6-/m0/s1. The summed E-state index contributed by atoms with van der Waals surface area (Å²) in [6.45, 7) is 6.18. The van der Waals surface area contributed by atoms with E-state index in [0.717, 1.165) is 6.42 Å². The van der Waals surface area contributed by atoms with Gasteiger partial charge in [-0.2, -0.15) is 0 Å². The molecule has 1 heterocycles. The highest BCUT2D eigenvalue weighted by Crippen LogP contribution is 2.10. The van der Waals surface area contributed by atoms with Gasteiger partial charge in [-0.1, -0.05) is 0 Å². The first-order valence-electron chi connectivity index (χ1n) is 4.00. The van der Waals surface area contributed by atoms with E-state index in [4.69, 9.17) is 5.73 Å². The van der Waals surface area contributed by atoms with Crippen LogP contribution in [-0.4, -0.2) is 11.0 Å². The zero-order chi connectivity index (χ0) is 8.43.